The van der Waals surface area contributed by atoms with Crippen LogP contribution in [0.5, 0.6) is 0 Å². The predicted molar refractivity (Wildman–Crippen MR) is 112 cm³/mol. The zero-order valence-corrected chi connectivity index (χ0v) is 17.1. The summed E-state index contributed by atoms with van der Waals surface area (Å²) in [5.41, 5.74) is 3.68. The maximum absolute atomic E-state index is 4.60. The molecule has 3 heterocycles. The molecule has 5 nitrogen and oxygen atoms in total. The molecule has 2 aromatic heterocycles. The van der Waals surface area contributed by atoms with Crippen molar-refractivity contribution >= 4 is 17.0 Å². The molecule has 27 heavy (non-hydrogen) atoms. The van der Waals surface area contributed by atoms with Gasteiger partial charge in [-0.05, 0) is 58.0 Å². The molecular weight excluding hydrogens is 354 g/mol. The van der Waals surface area contributed by atoms with Gasteiger partial charge in [0.2, 0.25) is 0 Å². The second-order valence-electron chi connectivity index (χ2n) is 7.35. The zero-order valence-electron chi connectivity index (χ0n) is 16.3. The molecule has 0 saturated carbocycles. The highest BCUT2D eigenvalue weighted by atomic mass is 32.1. The van der Waals surface area contributed by atoms with Crippen molar-refractivity contribution in [3.63, 3.8) is 0 Å². The van der Waals surface area contributed by atoms with Gasteiger partial charge in [0, 0.05) is 54.8 Å². The molecule has 6 heteroatoms. The summed E-state index contributed by atoms with van der Waals surface area (Å²) in [6.45, 7) is 7.27. The summed E-state index contributed by atoms with van der Waals surface area (Å²) in [7, 11) is 2.23. The summed E-state index contributed by atoms with van der Waals surface area (Å²) in [5, 5.41) is 3.34. The van der Waals surface area contributed by atoms with Gasteiger partial charge < -0.3 is 9.47 Å². The SMILES string of the molecule is Cc1nc(CN(C)C2CCN(c3ccc(-n4ccnc4C)cc3)CC2)cs1. The van der Waals surface area contributed by atoms with Crippen LogP contribution < -0.4 is 4.90 Å². The molecule has 0 bridgehead atoms. The maximum Gasteiger partial charge on any atom is 0.110 e. The zero-order chi connectivity index (χ0) is 18.8. The van der Waals surface area contributed by atoms with Crippen LogP contribution in [-0.2, 0) is 6.54 Å². The second-order valence-corrected chi connectivity index (χ2v) is 8.41. The van der Waals surface area contributed by atoms with Crippen LogP contribution in [0.1, 0.15) is 29.4 Å². The van der Waals surface area contributed by atoms with Gasteiger partial charge in [0.15, 0.2) is 0 Å². The fourth-order valence-electron chi connectivity index (χ4n) is 3.91. The van der Waals surface area contributed by atoms with Gasteiger partial charge in [-0.1, -0.05) is 0 Å². The van der Waals surface area contributed by atoms with Crippen LogP contribution >= 0.6 is 11.3 Å². The van der Waals surface area contributed by atoms with Crippen LogP contribution in [0, 0.1) is 13.8 Å². The molecule has 1 saturated heterocycles. The molecule has 0 atom stereocenters. The Morgan fingerprint density at radius 2 is 1.81 bits per heavy atom. The summed E-state index contributed by atoms with van der Waals surface area (Å²) in [6.07, 6.45) is 6.25. The number of benzene rings is 1. The molecule has 0 N–H and O–H groups in total. The van der Waals surface area contributed by atoms with E-state index < -0.39 is 0 Å². The van der Waals surface area contributed by atoms with Crippen molar-refractivity contribution < 1.29 is 0 Å². The molecule has 0 unspecified atom stereocenters. The summed E-state index contributed by atoms with van der Waals surface area (Å²) in [4.78, 5) is 13.9. The van der Waals surface area contributed by atoms with E-state index >= 15 is 0 Å². The lowest BCUT2D eigenvalue weighted by molar-refractivity contribution is 0.198. The highest BCUT2D eigenvalue weighted by Gasteiger charge is 2.23. The van der Waals surface area contributed by atoms with E-state index in [1.54, 1.807) is 11.3 Å². The Morgan fingerprint density at radius 1 is 1.11 bits per heavy atom. The highest BCUT2D eigenvalue weighted by molar-refractivity contribution is 7.09. The fourth-order valence-corrected chi connectivity index (χ4v) is 4.51. The lowest BCUT2D eigenvalue weighted by Gasteiger charge is -2.37. The predicted octanol–water partition coefficient (Wildman–Crippen LogP) is 4.05. The van der Waals surface area contributed by atoms with Crippen LogP contribution in [0.2, 0.25) is 0 Å². The molecule has 0 aliphatic carbocycles. The van der Waals surface area contributed by atoms with Crippen LogP contribution in [0.25, 0.3) is 5.69 Å². The summed E-state index contributed by atoms with van der Waals surface area (Å²) in [6, 6.07) is 9.48. The topological polar surface area (TPSA) is 37.2 Å². The van der Waals surface area contributed by atoms with E-state index in [0.717, 1.165) is 30.5 Å². The molecule has 1 aliphatic heterocycles. The summed E-state index contributed by atoms with van der Waals surface area (Å²) >= 11 is 1.74. The van der Waals surface area contributed by atoms with Crippen LogP contribution in [0.3, 0.4) is 0 Å². The lowest BCUT2D eigenvalue weighted by atomic mass is 10.0. The van der Waals surface area contributed by atoms with E-state index in [0.29, 0.717) is 6.04 Å². The molecule has 0 radical (unpaired) electrons. The Kier molecular flexibility index (Phi) is 5.27. The Morgan fingerprint density at radius 3 is 2.41 bits per heavy atom. The number of piperidine rings is 1. The third-order valence-corrected chi connectivity index (χ3v) is 6.31. The van der Waals surface area contributed by atoms with E-state index in [1.165, 1.54) is 29.9 Å². The molecule has 1 aromatic carbocycles. The Balaban J connectivity index is 1.34. The van der Waals surface area contributed by atoms with E-state index in [9.17, 15) is 0 Å². The molecule has 0 amide bonds. The largest absolute Gasteiger partial charge is 0.371 e. The second kappa shape index (κ2) is 7.82. The van der Waals surface area contributed by atoms with Gasteiger partial charge in [0.25, 0.3) is 0 Å². The van der Waals surface area contributed by atoms with Crippen molar-refractivity contribution in [2.45, 2.75) is 39.3 Å². The van der Waals surface area contributed by atoms with Gasteiger partial charge in [-0.25, -0.2) is 9.97 Å². The lowest BCUT2D eigenvalue weighted by Crippen LogP contribution is -2.43. The van der Waals surface area contributed by atoms with Crippen LogP contribution in [0.15, 0.2) is 42.0 Å². The number of aromatic nitrogens is 3. The number of aryl methyl sites for hydroxylation is 2. The molecular formula is C21H27N5S. The van der Waals surface area contributed by atoms with Crippen molar-refractivity contribution in [1.82, 2.24) is 19.4 Å². The van der Waals surface area contributed by atoms with Crippen molar-refractivity contribution in [2.24, 2.45) is 0 Å². The highest BCUT2D eigenvalue weighted by Crippen LogP contribution is 2.24. The number of hydrogen-bond acceptors (Lipinski definition) is 5. The van der Waals surface area contributed by atoms with Crippen LogP contribution in [0.4, 0.5) is 5.69 Å². The molecule has 0 spiro atoms. The Bertz CT molecular complexity index is 874. The summed E-state index contributed by atoms with van der Waals surface area (Å²) < 4.78 is 2.12. The van der Waals surface area contributed by atoms with Gasteiger partial charge in [0.05, 0.1) is 10.7 Å². The quantitative estimate of drug-likeness (QED) is 0.668. The van der Waals surface area contributed by atoms with Crippen molar-refractivity contribution in [3.05, 3.63) is 58.6 Å². The van der Waals surface area contributed by atoms with Gasteiger partial charge in [0.1, 0.15) is 5.82 Å². The number of thiazole rings is 1. The minimum atomic E-state index is 0.635. The summed E-state index contributed by atoms with van der Waals surface area (Å²) in [5.74, 6) is 1.02. The van der Waals surface area contributed by atoms with Crippen molar-refractivity contribution in [3.8, 4) is 5.69 Å². The first-order valence-corrected chi connectivity index (χ1v) is 10.4. The fraction of sp³-hybridized carbons (Fsp3) is 0.429. The number of imidazole rings is 1. The molecule has 4 rings (SSSR count). The maximum atomic E-state index is 4.60. The Labute approximate surface area is 165 Å². The van der Waals surface area contributed by atoms with E-state index in [1.807, 2.05) is 19.3 Å². The van der Waals surface area contributed by atoms with E-state index in [2.05, 4.69) is 68.0 Å². The molecule has 3 aromatic rings. The smallest absolute Gasteiger partial charge is 0.110 e. The van der Waals surface area contributed by atoms with Gasteiger partial charge in [-0.3, -0.25) is 4.90 Å². The minimum absolute atomic E-state index is 0.635. The van der Waals surface area contributed by atoms with Crippen molar-refractivity contribution in [2.75, 3.05) is 25.0 Å². The first-order valence-electron chi connectivity index (χ1n) is 9.57. The molecule has 1 aliphatic rings. The number of rotatable bonds is 5. The number of nitrogens with zero attached hydrogens (tertiary/aromatic N) is 5. The van der Waals surface area contributed by atoms with Gasteiger partial charge >= 0.3 is 0 Å². The first-order chi connectivity index (χ1) is 13.1. The third kappa shape index (κ3) is 4.06. The van der Waals surface area contributed by atoms with E-state index in [4.69, 9.17) is 0 Å². The van der Waals surface area contributed by atoms with Crippen LogP contribution in [-0.4, -0.2) is 45.6 Å². The molecule has 1 fully saturated rings. The van der Waals surface area contributed by atoms with Gasteiger partial charge in [-0.2, -0.15) is 0 Å². The average Bonchev–Trinajstić information content (AvgIpc) is 3.30. The van der Waals surface area contributed by atoms with Crippen molar-refractivity contribution in [1.29, 1.82) is 0 Å². The Hall–Kier alpha value is -2.18. The van der Waals surface area contributed by atoms with Gasteiger partial charge in [-0.15, -0.1) is 11.3 Å². The molecule has 142 valence electrons. The standard InChI is InChI=1S/C21H27N5S/c1-16-22-10-13-26(16)21-6-4-20(5-7-21)25-11-8-19(9-12-25)24(3)14-18-15-27-17(2)23-18/h4-7,10,13,15,19H,8-9,11-12,14H2,1-3H3. The monoisotopic (exact) mass is 381 g/mol. The van der Waals surface area contributed by atoms with E-state index in [-0.39, 0.29) is 0 Å². The third-order valence-electron chi connectivity index (χ3n) is 5.48. The normalized spacial score (nSPS) is 15.6. The number of hydrogen-bond donors (Lipinski definition) is 0. The number of anilines is 1. The average molecular weight is 382 g/mol. The minimum Gasteiger partial charge on any atom is -0.371 e. The first kappa shape index (κ1) is 18.2.